The van der Waals surface area contributed by atoms with E-state index >= 15 is 0 Å². The van der Waals surface area contributed by atoms with Crippen LogP contribution in [-0.4, -0.2) is 33.1 Å². The van der Waals surface area contributed by atoms with Crippen molar-refractivity contribution in [1.29, 1.82) is 0 Å². The zero-order valence-corrected chi connectivity index (χ0v) is 16.7. The predicted octanol–water partition coefficient (Wildman–Crippen LogP) is 3.75. The molecule has 1 aliphatic heterocycles. The maximum absolute atomic E-state index is 12.6. The molecule has 2 aromatic rings. The van der Waals surface area contributed by atoms with Crippen molar-refractivity contribution in [3.05, 3.63) is 58.8 Å². The molecule has 28 heavy (non-hydrogen) atoms. The van der Waals surface area contributed by atoms with Gasteiger partial charge in [-0.15, -0.1) is 0 Å². The summed E-state index contributed by atoms with van der Waals surface area (Å²) in [5.74, 6) is 2.28. The number of nitrogens with one attached hydrogen (secondary N) is 1. The number of nitrogens with zero attached hydrogens (tertiary/aromatic N) is 1. The molecule has 0 saturated heterocycles. The summed E-state index contributed by atoms with van der Waals surface area (Å²) >= 11 is 0. The monoisotopic (exact) mass is 380 g/mol. The van der Waals surface area contributed by atoms with E-state index in [1.165, 1.54) is 0 Å². The molecule has 0 aliphatic carbocycles. The zero-order chi connectivity index (χ0) is 20.3. The molecule has 0 aromatic heterocycles. The molecule has 0 unspecified atom stereocenters. The lowest BCUT2D eigenvalue weighted by atomic mass is 10.00. The summed E-state index contributed by atoms with van der Waals surface area (Å²) in [6.07, 6.45) is 1.73. The summed E-state index contributed by atoms with van der Waals surface area (Å²) in [7, 11) is 4.73. The fourth-order valence-electron chi connectivity index (χ4n) is 3.04. The predicted molar refractivity (Wildman–Crippen MR) is 109 cm³/mol. The minimum absolute atomic E-state index is 0.292. The Bertz CT molecular complexity index is 939. The van der Waals surface area contributed by atoms with Crippen LogP contribution in [0, 0.1) is 0 Å². The number of carbonyl (C=O) groups excluding carboxylic acids is 1. The van der Waals surface area contributed by atoms with Crippen molar-refractivity contribution in [3.8, 4) is 17.2 Å². The summed E-state index contributed by atoms with van der Waals surface area (Å²) in [5.41, 5.74) is 2.85. The molecule has 0 saturated carbocycles. The third-order valence-corrected chi connectivity index (χ3v) is 4.57. The molecule has 1 amide bonds. The van der Waals surface area contributed by atoms with E-state index in [9.17, 15) is 4.79 Å². The number of aliphatic imine (C=N–C) groups is 1. The van der Waals surface area contributed by atoms with Gasteiger partial charge in [0.15, 0.2) is 0 Å². The van der Waals surface area contributed by atoms with E-state index in [4.69, 9.17) is 14.2 Å². The third-order valence-electron chi connectivity index (χ3n) is 4.57. The maximum Gasteiger partial charge on any atom is 0.275 e. The first-order valence-corrected chi connectivity index (χ1v) is 8.99. The highest BCUT2D eigenvalue weighted by Gasteiger charge is 2.26. The number of hydrogen-bond acceptors (Lipinski definition) is 5. The zero-order valence-electron chi connectivity index (χ0n) is 16.7. The number of rotatable bonds is 6. The molecule has 0 atom stereocenters. The maximum atomic E-state index is 12.6. The molecular weight excluding hydrogens is 356 g/mol. The molecule has 3 rings (SSSR count). The van der Waals surface area contributed by atoms with Crippen LogP contribution in [0.5, 0.6) is 17.2 Å². The first-order valence-electron chi connectivity index (χ1n) is 8.99. The third kappa shape index (κ3) is 3.71. The van der Waals surface area contributed by atoms with Crippen molar-refractivity contribution in [1.82, 2.24) is 5.32 Å². The summed E-state index contributed by atoms with van der Waals surface area (Å²) in [6, 6.07) is 11.3. The molecule has 146 valence electrons. The van der Waals surface area contributed by atoms with Gasteiger partial charge in [-0.05, 0) is 41.8 Å². The van der Waals surface area contributed by atoms with E-state index in [1.54, 1.807) is 39.5 Å². The Kier molecular flexibility index (Phi) is 5.68. The number of amidine groups is 1. The number of amides is 1. The van der Waals surface area contributed by atoms with Crippen LogP contribution in [0.25, 0.3) is 6.08 Å². The molecule has 6 nitrogen and oxygen atoms in total. The molecule has 0 fully saturated rings. The lowest BCUT2D eigenvalue weighted by Crippen LogP contribution is -2.25. The quantitative estimate of drug-likeness (QED) is 0.775. The van der Waals surface area contributed by atoms with Gasteiger partial charge in [-0.3, -0.25) is 4.79 Å². The molecule has 2 aromatic carbocycles. The van der Waals surface area contributed by atoms with E-state index < -0.39 is 0 Å². The SMILES string of the molecule is COc1ccc(C(C)C)cc1/C=C1\N=C(c2c(OC)cccc2OC)NC1=O. The average molecular weight is 380 g/mol. The Morgan fingerprint density at radius 1 is 0.964 bits per heavy atom. The number of methoxy groups -OCH3 is 3. The van der Waals surface area contributed by atoms with E-state index in [1.807, 2.05) is 24.3 Å². The van der Waals surface area contributed by atoms with Gasteiger partial charge in [-0.25, -0.2) is 4.99 Å². The van der Waals surface area contributed by atoms with Crippen LogP contribution >= 0.6 is 0 Å². The Labute approximate surface area is 164 Å². The number of ether oxygens (including phenoxy) is 3. The lowest BCUT2D eigenvalue weighted by molar-refractivity contribution is -0.115. The lowest BCUT2D eigenvalue weighted by Gasteiger charge is -2.12. The summed E-state index contributed by atoms with van der Waals surface area (Å²) in [5, 5.41) is 2.81. The van der Waals surface area contributed by atoms with Crippen LogP contribution in [0.4, 0.5) is 0 Å². The van der Waals surface area contributed by atoms with Crippen molar-refractivity contribution in [2.75, 3.05) is 21.3 Å². The second-order valence-electron chi connectivity index (χ2n) is 6.64. The first-order chi connectivity index (χ1) is 13.5. The van der Waals surface area contributed by atoms with Crippen molar-refractivity contribution >= 4 is 17.8 Å². The van der Waals surface area contributed by atoms with Crippen LogP contribution in [0.1, 0.15) is 36.5 Å². The normalized spacial score (nSPS) is 14.9. The van der Waals surface area contributed by atoms with Gasteiger partial charge in [0.05, 0.1) is 21.3 Å². The van der Waals surface area contributed by atoms with Gasteiger partial charge in [0.2, 0.25) is 0 Å². The molecule has 1 heterocycles. The average Bonchev–Trinajstić information content (AvgIpc) is 3.06. The highest BCUT2D eigenvalue weighted by Crippen LogP contribution is 2.31. The second kappa shape index (κ2) is 8.17. The van der Waals surface area contributed by atoms with Crippen LogP contribution in [0.15, 0.2) is 47.1 Å². The number of carbonyl (C=O) groups is 1. The van der Waals surface area contributed by atoms with Crippen LogP contribution in [-0.2, 0) is 4.79 Å². The summed E-state index contributed by atoms with van der Waals surface area (Å²) in [6.45, 7) is 4.23. The topological polar surface area (TPSA) is 69.2 Å². The Hall–Kier alpha value is -3.28. The minimum Gasteiger partial charge on any atom is -0.496 e. The van der Waals surface area contributed by atoms with Gasteiger partial charge in [-0.1, -0.05) is 26.0 Å². The molecule has 6 heteroatoms. The van der Waals surface area contributed by atoms with Crippen molar-refractivity contribution in [2.45, 2.75) is 19.8 Å². The van der Waals surface area contributed by atoms with Gasteiger partial charge in [-0.2, -0.15) is 0 Å². The van der Waals surface area contributed by atoms with Gasteiger partial charge in [0.25, 0.3) is 5.91 Å². The van der Waals surface area contributed by atoms with Crippen LogP contribution in [0.3, 0.4) is 0 Å². The van der Waals surface area contributed by atoms with Crippen molar-refractivity contribution < 1.29 is 19.0 Å². The highest BCUT2D eigenvalue weighted by molar-refractivity contribution is 6.21. The smallest absolute Gasteiger partial charge is 0.275 e. The highest BCUT2D eigenvalue weighted by atomic mass is 16.5. The number of hydrogen-bond donors (Lipinski definition) is 1. The molecule has 0 radical (unpaired) electrons. The van der Waals surface area contributed by atoms with E-state index in [2.05, 4.69) is 24.2 Å². The van der Waals surface area contributed by atoms with E-state index in [0.717, 1.165) is 11.1 Å². The van der Waals surface area contributed by atoms with Gasteiger partial charge >= 0.3 is 0 Å². The van der Waals surface area contributed by atoms with Crippen molar-refractivity contribution in [2.24, 2.45) is 4.99 Å². The Balaban J connectivity index is 2.08. The van der Waals surface area contributed by atoms with E-state index in [0.29, 0.717) is 40.3 Å². The van der Waals surface area contributed by atoms with Crippen LogP contribution < -0.4 is 19.5 Å². The van der Waals surface area contributed by atoms with Gasteiger partial charge < -0.3 is 19.5 Å². The molecular formula is C22H24N2O4. The summed E-state index contributed by atoms with van der Waals surface area (Å²) < 4.78 is 16.3. The standard InChI is InChI=1S/C22H24N2O4/c1-13(2)14-9-10-17(26-3)15(11-14)12-16-22(25)24-21(23-16)20-18(27-4)7-6-8-19(20)28-5/h6-13H,1-5H3,(H,23,24,25)/b16-12-. The summed E-state index contributed by atoms with van der Waals surface area (Å²) in [4.78, 5) is 17.1. The van der Waals surface area contributed by atoms with E-state index in [-0.39, 0.29) is 5.91 Å². The first kappa shape index (κ1) is 19.5. The van der Waals surface area contributed by atoms with Crippen LogP contribution in [0.2, 0.25) is 0 Å². The van der Waals surface area contributed by atoms with Crippen molar-refractivity contribution in [3.63, 3.8) is 0 Å². The molecule has 0 spiro atoms. The van der Waals surface area contributed by atoms with Gasteiger partial charge in [0, 0.05) is 5.56 Å². The Morgan fingerprint density at radius 2 is 1.61 bits per heavy atom. The fourth-order valence-corrected chi connectivity index (χ4v) is 3.04. The fraction of sp³-hybridized carbons (Fsp3) is 0.273. The number of benzene rings is 2. The molecule has 1 aliphatic rings. The van der Waals surface area contributed by atoms with Gasteiger partial charge in [0.1, 0.15) is 34.3 Å². The largest absolute Gasteiger partial charge is 0.496 e. The minimum atomic E-state index is -0.292. The second-order valence-corrected chi connectivity index (χ2v) is 6.64. The Morgan fingerprint density at radius 3 is 2.18 bits per heavy atom. The molecule has 0 bridgehead atoms. The molecule has 1 N–H and O–H groups in total.